The molecular formula is C12H8O4. The van der Waals surface area contributed by atoms with E-state index in [9.17, 15) is 9.59 Å². The lowest BCUT2D eigenvalue weighted by atomic mass is 10.1. The molecule has 0 unspecified atom stereocenters. The normalized spacial score (nSPS) is 10.0. The molecule has 0 aliphatic heterocycles. The molecule has 0 spiro atoms. The molecule has 4 nitrogen and oxygen atoms in total. The molecule has 0 saturated heterocycles. The van der Waals surface area contributed by atoms with Crippen molar-refractivity contribution in [1.82, 2.24) is 0 Å². The summed E-state index contributed by atoms with van der Waals surface area (Å²) in [7, 11) is 0. The topological polar surface area (TPSA) is 67.5 Å². The Morgan fingerprint density at radius 1 is 1.19 bits per heavy atom. The van der Waals surface area contributed by atoms with Crippen LogP contribution in [0.1, 0.15) is 10.4 Å². The highest BCUT2D eigenvalue weighted by atomic mass is 16.4. The van der Waals surface area contributed by atoms with E-state index in [1.165, 1.54) is 6.07 Å². The van der Waals surface area contributed by atoms with Gasteiger partial charge in [-0.2, -0.15) is 0 Å². The van der Waals surface area contributed by atoms with Crippen molar-refractivity contribution in [3.63, 3.8) is 0 Å². The Hall–Kier alpha value is -2.36. The van der Waals surface area contributed by atoms with E-state index in [2.05, 4.69) is 0 Å². The van der Waals surface area contributed by atoms with Crippen LogP contribution in [0.4, 0.5) is 0 Å². The van der Waals surface area contributed by atoms with Gasteiger partial charge in [0.1, 0.15) is 17.6 Å². The molecule has 0 atom stereocenters. The molecule has 1 N–H and O–H groups in total. The average molecular weight is 216 g/mol. The second-order valence-corrected chi connectivity index (χ2v) is 3.19. The third-order valence-electron chi connectivity index (χ3n) is 2.12. The molecule has 0 aliphatic carbocycles. The molecule has 0 fully saturated rings. The average Bonchev–Trinajstić information content (AvgIpc) is 2.29. The molecule has 4 heteroatoms. The Morgan fingerprint density at radius 3 is 2.44 bits per heavy atom. The van der Waals surface area contributed by atoms with Gasteiger partial charge in [0.2, 0.25) is 0 Å². The van der Waals surface area contributed by atoms with Gasteiger partial charge in [0, 0.05) is 11.6 Å². The van der Waals surface area contributed by atoms with Gasteiger partial charge < -0.3 is 9.52 Å². The highest BCUT2D eigenvalue weighted by Crippen LogP contribution is 2.16. The minimum atomic E-state index is -1.28. The maximum Gasteiger partial charge on any atom is 0.342 e. The van der Waals surface area contributed by atoms with Crippen LogP contribution in [0.5, 0.6) is 0 Å². The number of hydrogen-bond acceptors (Lipinski definition) is 3. The number of carboxylic acid groups (broad SMARTS) is 1. The fourth-order valence-electron chi connectivity index (χ4n) is 1.32. The summed E-state index contributed by atoms with van der Waals surface area (Å²) in [4.78, 5) is 22.0. The van der Waals surface area contributed by atoms with Crippen LogP contribution in [0.25, 0.3) is 11.3 Å². The van der Waals surface area contributed by atoms with E-state index in [0.29, 0.717) is 5.76 Å². The smallest absolute Gasteiger partial charge is 0.342 e. The minimum Gasteiger partial charge on any atom is -0.477 e. The van der Waals surface area contributed by atoms with Gasteiger partial charge in [0.05, 0.1) is 0 Å². The van der Waals surface area contributed by atoms with Crippen molar-refractivity contribution in [1.29, 1.82) is 0 Å². The minimum absolute atomic E-state index is 0.357. The molecule has 16 heavy (non-hydrogen) atoms. The number of carbonyl (C=O) groups is 1. The Balaban J connectivity index is 2.51. The highest BCUT2D eigenvalue weighted by Gasteiger charge is 2.10. The Morgan fingerprint density at radius 2 is 1.88 bits per heavy atom. The zero-order valence-electron chi connectivity index (χ0n) is 8.21. The molecular weight excluding hydrogens is 208 g/mol. The summed E-state index contributed by atoms with van der Waals surface area (Å²) in [6, 6.07) is 10.2. The maximum absolute atomic E-state index is 11.4. The van der Waals surface area contributed by atoms with E-state index in [4.69, 9.17) is 9.52 Å². The van der Waals surface area contributed by atoms with Crippen LogP contribution in [0.3, 0.4) is 0 Å². The number of carboxylic acids is 1. The first-order valence-electron chi connectivity index (χ1n) is 4.60. The lowest BCUT2D eigenvalue weighted by Crippen LogP contribution is -2.12. The van der Waals surface area contributed by atoms with Crippen molar-refractivity contribution in [3.8, 4) is 11.3 Å². The van der Waals surface area contributed by atoms with Crippen LogP contribution in [-0.2, 0) is 0 Å². The fraction of sp³-hybridized carbons (Fsp3) is 0. The number of benzene rings is 1. The largest absolute Gasteiger partial charge is 0.477 e. The number of hydrogen-bond donors (Lipinski definition) is 1. The van der Waals surface area contributed by atoms with E-state index in [1.807, 2.05) is 6.07 Å². The van der Waals surface area contributed by atoms with Crippen LogP contribution in [0, 0.1) is 0 Å². The summed E-state index contributed by atoms with van der Waals surface area (Å²) >= 11 is 0. The first kappa shape index (κ1) is 10.2. The number of aromatic carboxylic acids is 1. The van der Waals surface area contributed by atoms with E-state index in [0.717, 1.165) is 11.8 Å². The summed E-state index contributed by atoms with van der Waals surface area (Å²) in [5.41, 5.74) is -0.186. The SMILES string of the molecule is O=C(O)c1coc(-c2ccccc2)cc1=O. The Labute approximate surface area is 90.8 Å². The van der Waals surface area contributed by atoms with Crippen molar-refractivity contribution < 1.29 is 14.3 Å². The van der Waals surface area contributed by atoms with Gasteiger partial charge in [-0.1, -0.05) is 30.3 Å². The summed E-state index contributed by atoms with van der Waals surface area (Å²) in [5.74, 6) is -0.927. The molecule has 2 aromatic rings. The van der Waals surface area contributed by atoms with Gasteiger partial charge >= 0.3 is 5.97 Å². The molecule has 0 radical (unpaired) electrons. The van der Waals surface area contributed by atoms with Crippen LogP contribution in [0.15, 0.2) is 51.9 Å². The van der Waals surface area contributed by atoms with Crippen molar-refractivity contribution in [2.75, 3.05) is 0 Å². The predicted molar refractivity (Wildman–Crippen MR) is 57.4 cm³/mol. The van der Waals surface area contributed by atoms with E-state index in [1.54, 1.807) is 24.3 Å². The quantitative estimate of drug-likeness (QED) is 0.833. The van der Waals surface area contributed by atoms with Crippen molar-refractivity contribution in [2.24, 2.45) is 0 Å². The Bertz CT molecular complexity index is 569. The second kappa shape index (κ2) is 4.02. The molecule has 0 amide bonds. The maximum atomic E-state index is 11.4. The summed E-state index contributed by atoms with van der Waals surface area (Å²) in [6.45, 7) is 0. The molecule has 0 aliphatic rings. The van der Waals surface area contributed by atoms with Gasteiger partial charge in [0.25, 0.3) is 0 Å². The van der Waals surface area contributed by atoms with Crippen LogP contribution >= 0.6 is 0 Å². The standard InChI is InChI=1S/C12H8O4/c13-10-6-11(8-4-2-1-3-5-8)16-7-9(10)12(14)15/h1-7H,(H,14,15). The predicted octanol–water partition coefficient (Wildman–Crippen LogP) is 2.00. The highest BCUT2D eigenvalue weighted by molar-refractivity contribution is 5.87. The summed E-state index contributed by atoms with van der Waals surface area (Å²) < 4.78 is 5.11. The molecule has 80 valence electrons. The van der Waals surface area contributed by atoms with Gasteiger partial charge in [0.15, 0.2) is 5.43 Å². The first-order chi connectivity index (χ1) is 7.68. The third kappa shape index (κ3) is 1.86. The lowest BCUT2D eigenvalue weighted by Gasteiger charge is -1.99. The van der Waals surface area contributed by atoms with Crippen molar-refractivity contribution in [2.45, 2.75) is 0 Å². The van der Waals surface area contributed by atoms with E-state index in [-0.39, 0.29) is 5.56 Å². The molecule has 1 aromatic heterocycles. The zero-order chi connectivity index (χ0) is 11.5. The lowest BCUT2D eigenvalue weighted by molar-refractivity contribution is 0.0693. The number of rotatable bonds is 2. The van der Waals surface area contributed by atoms with Crippen LogP contribution in [-0.4, -0.2) is 11.1 Å². The van der Waals surface area contributed by atoms with Crippen molar-refractivity contribution >= 4 is 5.97 Å². The van der Waals surface area contributed by atoms with E-state index >= 15 is 0 Å². The molecule has 2 rings (SSSR count). The molecule has 1 aromatic carbocycles. The first-order valence-corrected chi connectivity index (χ1v) is 4.60. The van der Waals surface area contributed by atoms with Gasteiger partial charge in [-0.3, -0.25) is 4.79 Å². The summed E-state index contributed by atoms with van der Waals surface area (Å²) in [6.07, 6.45) is 0.965. The van der Waals surface area contributed by atoms with Crippen molar-refractivity contribution in [3.05, 3.63) is 58.4 Å². The van der Waals surface area contributed by atoms with Crippen LogP contribution in [0.2, 0.25) is 0 Å². The third-order valence-corrected chi connectivity index (χ3v) is 2.12. The second-order valence-electron chi connectivity index (χ2n) is 3.19. The van der Waals surface area contributed by atoms with Gasteiger partial charge in [-0.25, -0.2) is 4.79 Å². The molecule has 0 saturated carbocycles. The Kier molecular flexibility index (Phi) is 2.55. The summed E-state index contributed by atoms with van der Waals surface area (Å²) in [5, 5.41) is 8.67. The fourth-order valence-corrected chi connectivity index (χ4v) is 1.32. The van der Waals surface area contributed by atoms with Crippen LogP contribution < -0.4 is 5.43 Å². The van der Waals surface area contributed by atoms with E-state index < -0.39 is 11.4 Å². The van der Waals surface area contributed by atoms with Gasteiger partial charge in [-0.05, 0) is 0 Å². The monoisotopic (exact) mass is 216 g/mol. The molecule has 0 bridgehead atoms. The zero-order valence-corrected chi connectivity index (χ0v) is 8.21. The molecule has 1 heterocycles. The van der Waals surface area contributed by atoms with Gasteiger partial charge in [-0.15, -0.1) is 0 Å².